The Morgan fingerprint density at radius 3 is 2.39 bits per heavy atom. The van der Waals surface area contributed by atoms with Gasteiger partial charge in [-0.2, -0.15) is 13.2 Å². The first-order valence-corrected chi connectivity index (χ1v) is 7.44. The summed E-state index contributed by atoms with van der Waals surface area (Å²) < 4.78 is 51.9. The summed E-state index contributed by atoms with van der Waals surface area (Å²) in [4.78, 5) is 4.13. The summed E-state index contributed by atoms with van der Waals surface area (Å²) in [5.41, 5.74) is -1.28. The third-order valence-electron chi connectivity index (χ3n) is 4.16. The summed E-state index contributed by atoms with van der Waals surface area (Å²) >= 11 is 0. The molecule has 0 amide bonds. The zero-order valence-corrected chi connectivity index (χ0v) is 12.2. The van der Waals surface area contributed by atoms with Gasteiger partial charge in [0.25, 0.3) is 0 Å². The summed E-state index contributed by atoms with van der Waals surface area (Å²) in [6.45, 7) is 0. The molecule has 0 aliphatic heterocycles. The van der Waals surface area contributed by atoms with Gasteiger partial charge in [-0.15, -0.1) is 0 Å². The van der Waals surface area contributed by atoms with Gasteiger partial charge in [-0.05, 0) is 49.3 Å². The molecule has 124 valence electrons. The van der Waals surface area contributed by atoms with Crippen molar-refractivity contribution in [3.63, 3.8) is 0 Å². The van der Waals surface area contributed by atoms with E-state index in [9.17, 15) is 22.7 Å². The number of nitrogens with zero attached hydrogens (tertiary/aromatic N) is 1. The van der Waals surface area contributed by atoms with Crippen molar-refractivity contribution < 1.29 is 22.7 Å². The monoisotopic (exact) mass is 328 g/mol. The predicted molar refractivity (Wildman–Crippen MR) is 78.6 cm³/mol. The number of halogens is 4. The Balaban J connectivity index is 1.87. The lowest BCUT2D eigenvalue weighted by molar-refractivity contribution is -0.139. The number of benzene rings is 1. The van der Waals surface area contributed by atoms with Crippen molar-refractivity contribution in [1.29, 1.82) is 0 Å². The van der Waals surface area contributed by atoms with Gasteiger partial charge in [0.15, 0.2) is 0 Å². The second-order valence-electron chi connectivity index (χ2n) is 5.90. The van der Waals surface area contributed by atoms with Crippen LogP contribution in [0.2, 0.25) is 0 Å². The number of fused-ring (bicyclic) bond motifs is 1. The quantitative estimate of drug-likeness (QED) is 0.816. The van der Waals surface area contributed by atoms with Crippen molar-refractivity contribution in [2.45, 2.75) is 44.0 Å². The van der Waals surface area contributed by atoms with Crippen LogP contribution < -0.4 is 5.32 Å². The fourth-order valence-corrected chi connectivity index (χ4v) is 2.89. The van der Waals surface area contributed by atoms with Crippen molar-refractivity contribution in [3.8, 4) is 0 Å². The SMILES string of the molecule is OC1CCC(Nc2cc3cc(C(F)(F)F)c(F)cc3cn2)CC1. The number of alkyl halides is 3. The normalized spacial score (nSPS) is 22.3. The first-order chi connectivity index (χ1) is 10.8. The van der Waals surface area contributed by atoms with Gasteiger partial charge in [0.2, 0.25) is 0 Å². The summed E-state index contributed by atoms with van der Waals surface area (Å²) in [7, 11) is 0. The molecular formula is C16H16F4N2O. The van der Waals surface area contributed by atoms with Crippen molar-refractivity contribution in [2.75, 3.05) is 5.32 Å². The molecule has 2 N–H and O–H groups in total. The van der Waals surface area contributed by atoms with E-state index < -0.39 is 17.6 Å². The minimum atomic E-state index is -4.73. The number of rotatable bonds is 2. The van der Waals surface area contributed by atoms with Crippen LogP contribution in [0.5, 0.6) is 0 Å². The number of pyridine rings is 1. The highest BCUT2D eigenvalue weighted by molar-refractivity contribution is 5.84. The zero-order valence-electron chi connectivity index (χ0n) is 12.2. The van der Waals surface area contributed by atoms with Gasteiger partial charge in [0.05, 0.1) is 11.7 Å². The number of aromatic nitrogens is 1. The first kappa shape index (κ1) is 16.0. The third kappa shape index (κ3) is 3.55. The van der Waals surface area contributed by atoms with Crippen LogP contribution in [-0.4, -0.2) is 22.2 Å². The van der Waals surface area contributed by atoms with E-state index in [0.29, 0.717) is 24.0 Å². The molecule has 1 fully saturated rings. The largest absolute Gasteiger partial charge is 0.419 e. The van der Waals surface area contributed by atoms with Crippen LogP contribution in [-0.2, 0) is 6.18 Å². The van der Waals surface area contributed by atoms with E-state index in [4.69, 9.17) is 0 Å². The maximum Gasteiger partial charge on any atom is 0.419 e. The maximum atomic E-state index is 13.5. The fourth-order valence-electron chi connectivity index (χ4n) is 2.89. The average molecular weight is 328 g/mol. The van der Waals surface area contributed by atoms with Crippen LogP contribution in [0, 0.1) is 5.82 Å². The van der Waals surface area contributed by atoms with E-state index in [2.05, 4.69) is 10.3 Å². The summed E-state index contributed by atoms with van der Waals surface area (Å²) in [5, 5.41) is 13.3. The van der Waals surface area contributed by atoms with E-state index in [1.54, 1.807) is 0 Å². The molecule has 0 radical (unpaired) electrons. The number of anilines is 1. The van der Waals surface area contributed by atoms with Crippen LogP contribution >= 0.6 is 0 Å². The number of hydrogen-bond donors (Lipinski definition) is 2. The Kier molecular flexibility index (Phi) is 4.14. The van der Waals surface area contributed by atoms with Crippen molar-refractivity contribution in [2.24, 2.45) is 0 Å². The topological polar surface area (TPSA) is 45.1 Å². The van der Waals surface area contributed by atoms with Crippen LogP contribution in [0.25, 0.3) is 10.8 Å². The molecule has 23 heavy (non-hydrogen) atoms. The molecule has 3 rings (SSSR count). The highest BCUT2D eigenvalue weighted by Gasteiger charge is 2.34. The number of hydrogen-bond acceptors (Lipinski definition) is 3. The summed E-state index contributed by atoms with van der Waals surface area (Å²) in [5.74, 6) is -0.840. The molecular weight excluding hydrogens is 312 g/mol. The van der Waals surface area contributed by atoms with Crippen molar-refractivity contribution >= 4 is 16.6 Å². The standard InChI is InChI=1S/C16H16F4N2O/c17-14-6-10-8-21-15(22-11-1-3-12(23)4-2-11)7-9(10)5-13(14)16(18,19)20/h5-8,11-12,23H,1-4H2,(H,21,22). The molecule has 0 saturated heterocycles. The molecule has 1 aliphatic rings. The molecule has 0 atom stereocenters. The molecule has 1 heterocycles. The Bertz CT molecular complexity index is 709. The fraction of sp³-hybridized carbons (Fsp3) is 0.438. The van der Waals surface area contributed by atoms with E-state index in [1.807, 2.05) is 0 Å². The van der Waals surface area contributed by atoms with Gasteiger partial charge in [0.1, 0.15) is 11.6 Å². The average Bonchev–Trinajstić information content (AvgIpc) is 2.48. The van der Waals surface area contributed by atoms with E-state index in [1.165, 1.54) is 12.3 Å². The van der Waals surface area contributed by atoms with E-state index in [-0.39, 0.29) is 17.5 Å². The van der Waals surface area contributed by atoms with Crippen LogP contribution in [0.1, 0.15) is 31.2 Å². The molecule has 0 spiro atoms. The first-order valence-electron chi connectivity index (χ1n) is 7.44. The predicted octanol–water partition coefficient (Wildman–Crippen LogP) is 4.11. The number of aliphatic hydroxyl groups is 1. The third-order valence-corrected chi connectivity index (χ3v) is 4.16. The molecule has 2 aromatic rings. The zero-order chi connectivity index (χ0) is 16.6. The van der Waals surface area contributed by atoms with Gasteiger partial charge in [0, 0.05) is 17.6 Å². The highest BCUT2D eigenvalue weighted by atomic mass is 19.4. The second kappa shape index (κ2) is 5.96. The van der Waals surface area contributed by atoms with E-state index >= 15 is 0 Å². The molecule has 1 saturated carbocycles. The van der Waals surface area contributed by atoms with Crippen molar-refractivity contribution in [3.05, 3.63) is 35.8 Å². The van der Waals surface area contributed by atoms with Crippen LogP contribution in [0.3, 0.4) is 0 Å². The van der Waals surface area contributed by atoms with Gasteiger partial charge in [-0.25, -0.2) is 9.37 Å². The lowest BCUT2D eigenvalue weighted by atomic mass is 9.93. The molecule has 1 aliphatic carbocycles. The van der Waals surface area contributed by atoms with E-state index in [0.717, 1.165) is 25.0 Å². The van der Waals surface area contributed by atoms with Gasteiger partial charge >= 0.3 is 6.18 Å². The maximum absolute atomic E-state index is 13.5. The van der Waals surface area contributed by atoms with Gasteiger partial charge in [-0.3, -0.25) is 0 Å². The van der Waals surface area contributed by atoms with Crippen LogP contribution in [0.15, 0.2) is 24.4 Å². The molecule has 7 heteroatoms. The van der Waals surface area contributed by atoms with Gasteiger partial charge in [-0.1, -0.05) is 0 Å². The molecule has 1 aromatic heterocycles. The Morgan fingerprint density at radius 2 is 1.74 bits per heavy atom. The molecule has 1 aromatic carbocycles. The molecule has 3 nitrogen and oxygen atoms in total. The summed E-state index contributed by atoms with van der Waals surface area (Å²) in [6.07, 6.45) is -0.720. The highest BCUT2D eigenvalue weighted by Crippen LogP contribution is 2.34. The molecule has 0 bridgehead atoms. The Labute approximate surface area is 130 Å². The summed E-state index contributed by atoms with van der Waals surface area (Å²) in [6, 6.07) is 3.29. The Hall–Kier alpha value is -1.89. The minimum Gasteiger partial charge on any atom is -0.393 e. The van der Waals surface area contributed by atoms with Crippen molar-refractivity contribution in [1.82, 2.24) is 4.98 Å². The smallest absolute Gasteiger partial charge is 0.393 e. The Morgan fingerprint density at radius 1 is 1.04 bits per heavy atom. The molecule has 0 unspecified atom stereocenters. The number of nitrogens with one attached hydrogen (secondary N) is 1. The minimum absolute atomic E-state index is 0.130. The number of aliphatic hydroxyl groups excluding tert-OH is 1. The van der Waals surface area contributed by atoms with Gasteiger partial charge < -0.3 is 10.4 Å². The van der Waals surface area contributed by atoms with Crippen LogP contribution in [0.4, 0.5) is 23.4 Å². The second-order valence-corrected chi connectivity index (χ2v) is 5.90. The lowest BCUT2D eigenvalue weighted by Crippen LogP contribution is -2.28. The lowest BCUT2D eigenvalue weighted by Gasteiger charge is -2.26.